The monoisotopic (exact) mass is 250 g/mol. The average molecular weight is 250 g/mol. The van der Waals surface area contributed by atoms with Gasteiger partial charge in [-0.1, -0.05) is 13.8 Å². The van der Waals surface area contributed by atoms with Crippen molar-refractivity contribution in [2.24, 2.45) is 5.92 Å². The molecule has 0 aliphatic heterocycles. The molecule has 0 amide bonds. The van der Waals surface area contributed by atoms with Gasteiger partial charge in [0.25, 0.3) is 0 Å². The van der Waals surface area contributed by atoms with E-state index >= 15 is 0 Å². The lowest BCUT2D eigenvalue weighted by atomic mass is 10.2. The summed E-state index contributed by atoms with van der Waals surface area (Å²) in [7, 11) is 0. The minimum Gasteiger partial charge on any atom is -0.341 e. The van der Waals surface area contributed by atoms with E-state index in [9.17, 15) is 0 Å². The van der Waals surface area contributed by atoms with Crippen LogP contribution in [0.25, 0.3) is 0 Å². The topological polar surface area (TPSA) is 41.1 Å². The van der Waals surface area contributed by atoms with Crippen molar-refractivity contribution < 1.29 is 0 Å². The number of anilines is 1. The molecule has 0 fully saturated rings. The molecule has 0 spiro atoms. The molecule has 1 N–H and O–H groups in total. The van der Waals surface area contributed by atoms with E-state index in [1.807, 2.05) is 6.20 Å². The summed E-state index contributed by atoms with van der Waals surface area (Å²) < 4.78 is 0. The van der Waals surface area contributed by atoms with Crippen molar-refractivity contribution in [3.8, 4) is 0 Å². The fourth-order valence-electron chi connectivity index (χ4n) is 1.81. The molecule has 18 heavy (non-hydrogen) atoms. The molecule has 1 aromatic heterocycles. The molecule has 4 heteroatoms. The van der Waals surface area contributed by atoms with Crippen LogP contribution in [-0.2, 0) is 6.54 Å². The van der Waals surface area contributed by atoms with Gasteiger partial charge in [0.1, 0.15) is 0 Å². The Labute approximate surface area is 111 Å². The maximum Gasteiger partial charge on any atom is 0.225 e. The summed E-state index contributed by atoms with van der Waals surface area (Å²) in [4.78, 5) is 11.2. The van der Waals surface area contributed by atoms with Crippen LogP contribution < -0.4 is 10.2 Å². The highest BCUT2D eigenvalue weighted by molar-refractivity contribution is 5.32. The summed E-state index contributed by atoms with van der Waals surface area (Å²) in [6.45, 7) is 14.5. The molecule has 0 atom stereocenters. The van der Waals surface area contributed by atoms with E-state index in [-0.39, 0.29) is 0 Å². The van der Waals surface area contributed by atoms with Gasteiger partial charge in [0.2, 0.25) is 5.95 Å². The lowest BCUT2D eigenvalue weighted by Crippen LogP contribution is -2.25. The molecule has 0 unspecified atom stereocenters. The van der Waals surface area contributed by atoms with Gasteiger partial charge in [0.15, 0.2) is 0 Å². The molecule has 1 rings (SSSR count). The Hall–Kier alpha value is -1.16. The van der Waals surface area contributed by atoms with E-state index in [0.29, 0.717) is 5.92 Å². The van der Waals surface area contributed by atoms with E-state index in [0.717, 1.165) is 37.8 Å². The second-order valence-electron chi connectivity index (χ2n) is 4.98. The number of rotatable bonds is 7. The Morgan fingerprint density at radius 3 is 2.44 bits per heavy atom. The lowest BCUT2D eigenvalue weighted by molar-refractivity contribution is 0.550. The van der Waals surface area contributed by atoms with Crippen molar-refractivity contribution in [2.75, 3.05) is 24.5 Å². The fraction of sp³-hybridized carbons (Fsp3) is 0.714. The number of nitrogens with one attached hydrogen (secondary N) is 1. The first kappa shape index (κ1) is 14.9. The summed E-state index contributed by atoms with van der Waals surface area (Å²) in [6, 6.07) is 0. The van der Waals surface area contributed by atoms with Crippen LogP contribution in [0, 0.1) is 12.8 Å². The van der Waals surface area contributed by atoms with Crippen LogP contribution in [0.3, 0.4) is 0 Å². The molecule has 0 radical (unpaired) electrons. The third-order valence-electron chi connectivity index (χ3n) is 2.98. The minimum atomic E-state index is 0.668. The first-order valence-electron chi connectivity index (χ1n) is 6.86. The summed E-state index contributed by atoms with van der Waals surface area (Å²) in [5.74, 6) is 1.51. The average Bonchev–Trinajstić information content (AvgIpc) is 2.33. The molecule has 0 aromatic carbocycles. The molecule has 0 saturated carbocycles. The zero-order valence-corrected chi connectivity index (χ0v) is 12.3. The van der Waals surface area contributed by atoms with Crippen LogP contribution in [-0.4, -0.2) is 29.6 Å². The largest absolute Gasteiger partial charge is 0.341 e. The van der Waals surface area contributed by atoms with Gasteiger partial charge < -0.3 is 10.2 Å². The van der Waals surface area contributed by atoms with Crippen LogP contribution in [0.4, 0.5) is 5.95 Å². The van der Waals surface area contributed by atoms with Crippen LogP contribution in [0.15, 0.2) is 6.20 Å². The highest BCUT2D eigenvalue weighted by Gasteiger charge is 2.08. The summed E-state index contributed by atoms with van der Waals surface area (Å²) >= 11 is 0. The first-order valence-corrected chi connectivity index (χ1v) is 6.86. The second-order valence-corrected chi connectivity index (χ2v) is 4.98. The van der Waals surface area contributed by atoms with E-state index in [1.54, 1.807) is 0 Å². The molecule has 0 bridgehead atoms. The van der Waals surface area contributed by atoms with Crippen LogP contribution in [0.2, 0.25) is 0 Å². The van der Waals surface area contributed by atoms with Crippen LogP contribution >= 0.6 is 0 Å². The van der Waals surface area contributed by atoms with Gasteiger partial charge in [0, 0.05) is 37.1 Å². The molecular formula is C14H26N4. The van der Waals surface area contributed by atoms with Crippen LogP contribution in [0.1, 0.15) is 39.0 Å². The number of hydrogen-bond acceptors (Lipinski definition) is 4. The van der Waals surface area contributed by atoms with Crippen LogP contribution in [0.5, 0.6) is 0 Å². The van der Waals surface area contributed by atoms with Crippen molar-refractivity contribution in [3.63, 3.8) is 0 Å². The highest BCUT2D eigenvalue weighted by Crippen LogP contribution is 2.10. The maximum atomic E-state index is 4.59. The lowest BCUT2D eigenvalue weighted by Gasteiger charge is -2.19. The molecule has 0 aliphatic carbocycles. The Morgan fingerprint density at radius 2 is 1.94 bits per heavy atom. The standard InChI is InChI=1S/C14H26N4/c1-6-18(7-2)14-16-10-13(12(5)17-14)9-15-8-11(3)4/h10-11,15H,6-9H2,1-5H3. The SMILES string of the molecule is CCN(CC)c1ncc(CNCC(C)C)c(C)n1. The summed E-state index contributed by atoms with van der Waals surface area (Å²) in [5, 5.41) is 3.43. The van der Waals surface area contributed by atoms with E-state index in [4.69, 9.17) is 0 Å². The van der Waals surface area contributed by atoms with E-state index in [2.05, 4.69) is 54.8 Å². The van der Waals surface area contributed by atoms with Crippen molar-refractivity contribution >= 4 is 5.95 Å². The Balaban J connectivity index is 2.67. The summed E-state index contributed by atoms with van der Waals surface area (Å²) in [5.41, 5.74) is 2.26. The first-order chi connectivity index (χ1) is 8.58. The number of aromatic nitrogens is 2. The molecule has 0 aliphatic rings. The van der Waals surface area contributed by atoms with Gasteiger partial charge in [-0.05, 0) is 33.2 Å². The smallest absolute Gasteiger partial charge is 0.225 e. The molecular weight excluding hydrogens is 224 g/mol. The molecule has 1 heterocycles. The third kappa shape index (κ3) is 4.26. The predicted molar refractivity (Wildman–Crippen MR) is 76.9 cm³/mol. The zero-order valence-electron chi connectivity index (χ0n) is 12.3. The predicted octanol–water partition coefficient (Wildman–Crippen LogP) is 2.38. The van der Waals surface area contributed by atoms with Crippen molar-refractivity contribution in [3.05, 3.63) is 17.5 Å². The maximum absolute atomic E-state index is 4.59. The van der Waals surface area contributed by atoms with Crippen molar-refractivity contribution in [1.82, 2.24) is 15.3 Å². The van der Waals surface area contributed by atoms with Gasteiger partial charge in [-0.15, -0.1) is 0 Å². The van der Waals surface area contributed by atoms with Crippen molar-refractivity contribution in [1.29, 1.82) is 0 Å². The van der Waals surface area contributed by atoms with Gasteiger partial charge in [-0.2, -0.15) is 0 Å². The van der Waals surface area contributed by atoms with Gasteiger partial charge in [0.05, 0.1) is 0 Å². The van der Waals surface area contributed by atoms with Gasteiger partial charge >= 0.3 is 0 Å². The molecule has 4 nitrogen and oxygen atoms in total. The molecule has 1 aromatic rings. The molecule has 0 saturated heterocycles. The second kappa shape index (κ2) is 7.31. The zero-order chi connectivity index (χ0) is 13.5. The summed E-state index contributed by atoms with van der Waals surface area (Å²) in [6.07, 6.45) is 1.95. The highest BCUT2D eigenvalue weighted by atomic mass is 15.2. The van der Waals surface area contributed by atoms with E-state index in [1.165, 1.54) is 5.56 Å². The number of nitrogens with zero attached hydrogens (tertiary/aromatic N) is 3. The van der Waals surface area contributed by atoms with E-state index < -0.39 is 0 Å². The number of hydrogen-bond donors (Lipinski definition) is 1. The number of aryl methyl sites for hydroxylation is 1. The molecule has 102 valence electrons. The normalized spacial score (nSPS) is 11.0. The fourth-order valence-corrected chi connectivity index (χ4v) is 1.81. The Kier molecular flexibility index (Phi) is 6.05. The third-order valence-corrected chi connectivity index (χ3v) is 2.98. The quantitative estimate of drug-likeness (QED) is 0.806. The van der Waals surface area contributed by atoms with Crippen molar-refractivity contribution in [2.45, 2.75) is 41.2 Å². The Bertz CT molecular complexity index is 359. The van der Waals surface area contributed by atoms with Gasteiger partial charge in [-0.25, -0.2) is 9.97 Å². The van der Waals surface area contributed by atoms with Gasteiger partial charge in [-0.3, -0.25) is 0 Å². The minimum absolute atomic E-state index is 0.668. The Morgan fingerprint density at radius 1 is 1.28 bits per heavy atom.